The van der Waals surface area contributed by atoms with Crippen LogP contribution in [0.3, 0.4) is 0 Å². The molecule has 2 aromatic carbocycles. The highest BCUT2D eigenvalue weighted by molar-refractivity contribution is 5.97. The Morgan fingerprint density at radius 3 is 2.52 bits per heavy atom. The topological polar surface area (TPSA) is 75.6 Å². The summed E-state index contributed by atoms with van der Waals surface area (Å²) in [6, 6.07) is 8.52. The average molecular weight is 353 g/mol. The van der Waals surface area contributed by atoms with Gasteiger partial charge in [-0.2, -0.15) is 13.2 Å². The first-order valence-electron chi connectivity index (χ1n) is 7.11. The Kier molecular flexibility index (Phi) is 5.31. The monoisotopic (exact) mass is 353 g/mol. The van der Waals surface area contributed by atoms with Gasteiger partial charge in [0, 0.05) is 5.69 Å². The Labute approximate surface area is 141 Å². The van der Waals surface area contributed by atoms with Gasteiger partial charge in [0.15, 0.2) is 6.61 Å². The lowest BCUT2D eigenvalue weighted by molar-refractivity contribution is -0.137. The Morgan fingerprint density at radius 2 is 1.84 bits per heavy atom. The summed E-state index contributed by atoms with van der Waals surface area (Å²) in [6.07, 6.45) is -4.53. The third kappa shape index (κ3) is 4.72. The van der Waals surface area contributed by atoms with Crippen LogP contribution in [-0.2, 0) is 15.7 Å². The molecule has 0 radical (unpaired) electrons. The molecule has 0 aromatic heterocycles. The number of rotatable bonds is 4. The Balaban J connectivity index is 1.97. The average Bonchev–Trinajstić information content (AvgIpc) is 2.54. The summed E-state index contributed by atoms with van der Waals surface area (Å²) in [5, 5.41) is 12.0. The molecule has 0 saturated carbocycles. The lowest BCUT2D eigenvalue weighted by atomic mass is 10.1. The third-order valence-electron chi connectivity index (χ3n) is 3.27. The van der Waals surface area contributed by atoms with E-state index in [0.717, 1.165) is 18.2 Å². The number of carbonyl (C=O) groups excluding carboxylic acids is 2. The molecule has 1 amide bonds. The maximum absolute atomic E-state index is 12.6. The highest BCUT2D eigenvalue weighted by Gasteiger charge is 2.30. The van der Waals surface area contributed by atoms with E-state index in [4.69, 9.17) is 4.74 Å². The largest absolute Gasteiger partial charge is 0.507 e. The zero-order valence-electron chi connectivity index (χ0n) is 13.1. The number of hydrogen-bond acceptors (Lipinski definition) is 4. The fourth-order valence-corrected chi connectivity index (χ4v) is 2.00. The van der Waals surface area contributed by atoms with Crippen LogP contribution in [0.4, 0.5) is 18.9 Å². The first-order chi connectivity index (χ1) is 11.7. The molecule has 0 saturated heterocycles. The van der Waals surface area contributed by atoms with Crippen LogP contribution in [0.2, 0.25) is 0 Å². The van der Waals surface area contributed by atoms with Crippen LogP contribution in [0, 0.1) is 6.92 Å². The van der Waals surface area contributed by atoms with Crippen molar-refractivity contribution in [1.82, 2.24) is 0 Å². The SMILES string of the molecule is Cc1cccc(C(=O)OCC(=O)Nc2cccc(C(F)(F)F)c2)c1O. The van der Waals surface area contributed by atoms with Crippen molar-refractivity contribution < 1.29 is 32.6 Å². The standard InChI is InChI=1S/C17H14F3NO4/c1-10-4-2-7-13(15(10)23)16(24)25-9-14(22)21-12-6-3-5-11(8-12)17(18,19)20/h2-8,23H,9H2,1H3,(H,21,22). The quantitative estimate of drug-likeness (QED) is 0.825. The summed E-state index contributed by atoms with van der Waals surface area (Å²) >= 11 is 0. The van der Waals surface area contributed by atoms with Crippen molar-refractivity contribution in [2.75, 3.05) is 11.9 Å². The molecular weight excluding hydrogens is 339 g/mol. The molecule has 0 atom stereocenters. The van der Waals surface area contributed by atoms with E-state index in [9.17, 15) is 27.9 Å². The minimum Gasteiger partial charge on any atom is -0.507 e. The molecule has 8 heteroatoms. The van der Waals surface area contributed by atoms with Crippen molar-refractivity contribution in [2.24, 2.45) is 0 Å². The molecule has 0 aliphatic heterocycles. The maximum Gasteiger partial charge on any atom is 0.416 e. The molecule has 2 N–H and O–H groups in total. The number of phenols is 1. The van der Waals surface area contributed by atoms with Gasteiger partial charge in [0.2, 0.25) is 0 Å². The number of ether oxygens (including phenoxy) is 1. The Hall–Kier alpha value is -3.03. The maximum atomic E-state index is 12.6. The Morgan fingerprint density at radius 1 is 1.16 bits per heavy atom. The van der Waals surface area contributed by atoms with Crippen molar-refractivity contribution in [1.29, 1.82) is 0 Å². The highest BCUT2D eigenvalue weighted by atomic mass is 19.4. The normalized spacial score (nSPS) is 11.0. The van der Waals surface area contributed by atoms with Gasteiger partial charge in [-0.3, -0.25) is 4.79 Å². The van der Waals surface area contributed by atoms with Gasteiger partial charge in [-0.15, -0.1) is 0 Å². The lowest BCUT2D eigenvalue weighted by Crippen LogP contribution is -2.21. The van der Waals surface area contributed by atoms with Gasteiger partial charge in [-0.05, 0) is 36.8 Å². The predicted octanol–water partition coefficient (Wildman–Crippen LogP) is 3.51. The molecule has 0 fully saturated rings. The van der Waals surface area contributed by atoms with E-state index in [0.29, 0.717) is 5.56 Å². The van der Waals surface area contributed by atoms with Gasteiger partial charge in [0.05, 0.1) is 5.56 Å². The van der Waals surface area contributed by atoms with Crippen molar-refractivity contribution in [2.45, 2.75) is 13.1 Å². The molecule has 2 rings (SSSR count). The lowest BCUT2D eigenvalue weighted by Gasteiger charge is -2.10. The number of amides is 1. The first-order valence-corrected chi connectivity index (χ1v) is 7.11. The van der Waals surface area contributed by atoms with E-state index in [1.807, 2.05) is 0 Å². The van der Waals surface area contributed by atoms with E-state index >= 15 is 0 Å². The van der Waals surface area contributed by atoms with Crippen molar-refractivity contribution >= 4 is 17.6 Å². The molecule has 2 aromatic rings. The summed E-state index contributed by atoms with van der Waals surface area (Å²) in [5.74, 6) is -1.98. The minimum atomic E-state index is -4.53. The molecule has 25 heavy (non-hydrogen) atoms. The number of carbonyl (C=O) groups is 2. The molecule has 5 nitrogen and oxygen atoms in total. The van der Waals surface area contributed by atoms with Crippen LogP contribution < -0.4 is 5.32 Å². The summed E-state index contributed by atoms with van der Waals surface area (Å²) in [6.45, 7) is 0.884. The van der Waals surface area contributed by atoms with Crippen LogP contribution in [0.5, 0.6) is 5.75 Å². The number of para-hydroxylation sites is 1. The van der Waals surface area contributed by atoms with Crippen molar-refractivity contribution in [3.05, 3.63) is 59.2 Å². The van der Waals surface area contributed by atoms with Gasteiger partial charge < -0.3 is 15.2 Å². The van der Waals surface area contributed by atoms with Gasteiger partial charge in [-0.25, -0.2) is 4.79 Å². The number of hydrogen-bond donors (Lipinski definition) is 2. The van der Waals surface area contributed by atoms with Crippen LogP contribution in [0.1, 0.15) is 21.5 Å². The second-order valence-electron chi connectivity index (χ2n) is 5.17. The molecule has 0 spiro atoms. The number of phenolic OH excluding ortho intramolecular Hbond substituents is 1. The number of anilines is 1. The smallest absolute Gasteiger partial charge is 0.416 e. The number of benzene rings is 2. The highest BCUT2D eigenvalue weighted by Crippen LogP contribution is 2.30. The van der Waals surface area contributed by atoms with Crippen LogP contribution in [-0.4, -0.2) is 23.6 Å². The number of halogens is 3. The van der Waals surface area contributed by atoms with Gasteiger partial charge in [-0.1, -0.05) is 18.2 Å². The molecule has 0 heterocycles. The molecular formula is C17H14F3NO4. The summed E-state index contributed by atoms with van der Waals surface area (Å²) in [5.41, 5.74) is -0.629. The number of aryl methyl sites for hydroxylation is 1. The number of nitrogens with one attached hydrogen (secondary N) is 1. The number of aromatic hydroxyl groups is 1. The van der Waals surface area contributed by atoms with E-state index in [-0.39, 0.29) is 17.0 Å². The van der Waals surface area contributed by atoms with Crippen LogP contribution >= 0.6 is 0 Å². The number of esters is 1. The summed E-state index contributed by atoms with van der Waals surface area (Å²) in [4.78, 5) is 23.6. The fraction of sp³-hybridized carbons (Fsp3) is 0.176. The van der Waals surface area contributed by atoms with E-state index in [1.54, 1.807) is 13.0 Å². The van der Waals surface area contributed by atoms with Gasteiger partial charge in [0.25, 0.3) is 5.91 Å². The second-order valence-corrected chi connectivity index (χ2v) is 5.17. The molecule has 0 bridgehead atoms. The van der Waals surface area contributed by atoms with Crippen LogP contribution in [0.15, 0.2) is 42.5 Å². The Bertz CT molecular complexity index is 803. The van der Waals surface area contributed by atoms with Crippen molar-refractivity contribution in [3.63, 3.8) is 0 Å². The molecule has 0 aliphatic rings. The van der Waals surface area contributed by atoms with E-state index in [2.05, 4.69) is 5.32 Å². The first kappa shape index (κ1) is 18.3. The molecule has 132 valence electrons. The van der Waals surface area contributed by atoms with Crippen molar-refractivity contribution in [3.8, 4) is 5.75 Å². The predicted molar refractivity (Wildman–Crippen MR) is 83.2 cm³/mol. The zero-order chi connectivity index (χ0) is 18.6. The summed E-state index contributed by atoms with van der Waals surface area (Å²) < 4.78 is 42.6. The summed E-state index contributed by atoms with van der Waals surface area (Å²) in [7, 11) is 0. The van der Waals surface area contributed by atoms with E-state index in [1.165, 1.54) is 18.2 Å². The van der Waals surface area contributed by atoms with Gasteiger partial charge >= 0.3 is 12.1 Å². The van der Waals surface area contributed by atoms with Crippen LogP contribution in [0.25, 0.3) is 0 Å². The molecule has 0 unspecified atom stereocenters. The number of alkyl halides is 3. The third-order valence-corrected chi connectivity index (χ3v) is 3.27. The van der Waals surface area contributed by atoms with E-state index < -0.39 is 30.2 Å². The fourth-order valence-electron chi connectivity index (χ4n) is 2.00. The molecule has 0 aliphatic carbocycles. The minimum absolute atomic E-state index is 0.0747. The second kappa shape index (κ2) is 7.25. The van der Waals surface area contributed by atoms with Gasteiger partial charge in [0.1, 0.15) is 11.3 Å². The zero-order valence-corrected chi connectivity index (χ0v) is 13.1.